The van der Waals surface area contributed by atoms with Crippen LogP contribution in [-0.4, -0.2) is 55.0 Å². The number of benzene rings is 1. The molecule has 1 aliphatic rings. The van der Waals surface area contributed by atoms with Gasteiger partial charge in [0.15, 0.2) is 5.82 Å². The summed E-state index contributed by atoms with van der Waals surface area (Å²) in [6, 6.07) is 7.82. The monoisotopic (exact) mass is 452 g/mol. The molecule has 9 heteroatoms. The van der Waals surface area contributed by atoms with Crippen molar-refractivity contribution in [3.8, 4) is 5.75 Å². The molecule has 0 bridgehead atoms. The first-order chi connectivity index (χ1) is 14.7. The Labute approximate surface area is 186 Å². The zero-order valence-corrected chi connectivity index (χ0v) is 18.6. The Morgan fingerprint density at radius 1 is 1.35 bits per heavy atom. The summed E-state index contributed by atoms with van der Waals surface area (Å²) in [7, 11) is 1.52. The van der Waals surface area contributed by atoms with Crippen LogP contribution in [0, 0.1) is 0 Å². The van der Waals surface area contributed by atoms with Gasteiger partial charge in [0.05, 0.1) is 19.3 Å². The number of halogens is 3. The molecule has 0 N–H and O–H groups in total. The van der Waals surface area contributed by atoms with Crippen molar-refractivity contribution in [2.45, 2.75) is 45.1 Å². The van der Waals surface area contributed by atoms with Crippen LogP contribution in [0.1, 0.15) is 38.2 Å². The van der Waals surface area contributed by atoms with Crippen LogP contribution >= 0.6 is 11.6 Å². The maximum atomic E-state index is 12.7. The van der Waals surface area contributed by atoms with Gasteiger partial charge in [0.1, 0.15) is 22.7 Å². The number of ether oxygens (including phenoxy) is 1. The van der Waals surface area contributed by atoms with Gasteiger partial charge in [0, 0.05) is 26.4 Å². The van der Waals surface area contributed by atoms with Crippen molar-refractivity contribution in [2.75, 3.05) is 36.5 Å². The SMILES string of the molecule is CC(=O)C[C@@H](C)c1ccc(O[C@@H]2CCN(c3nc(N(C)CC(F)F)ncc3Cl)C2)cc1. The molecule has 0 unspecified atom stereocenters. The fourth-order valence-corrected chi connectivity index (χ4v) is 3.89. The zero-order chi connectivity index (χ0) is 22.5. The van der Waals surface area contributed by atoms with Gasteiger partial charge < -0.3 is 19.3 Å². The summed E-state index contributed by atoms with van der Waals surface area (Å²) < 4.78 is 31.4. The number of carbonyl (C=O) groups is 1. The van der Waals surface area contributed by atoms with E-state index in [1.54, 1.807) is 6.92 Å². The predicted molar refractivity (Wildman–Crippen MR) is 118 cm³/mol. The number of anilines is 2. The molecule has 1 aromatic heterocycles. The van der Waals surface area contributed by atoms with Crippen LogP contribution in [0.25, 0.3) is 0 Å². The molecular formula is C22H27ClF2N4O2. The van der Waals surface area contributed by atoms with Gasteiger partial charge in [0.25, 0.3) is 6.43 Å². The third-order valence-electron chi connectivity index (χ3n) is 5.26. The van der Waals surface area contributed by atoms with Crippen molar-refractivity contribution in [1.82, 2.24) is 9.97 Å². The van der Waals surface area contributed by atoms with Gasteiger partial charge in [-0.25, -0.2) is 13.8 Å². The van der Waals surface area contributed by atoms with Gasteiger partial charge >= 0.3 is 0 Å². The van der Waals surface area contributed by atoms with E-state index in [1.165, 1.54) is 18.1 Å². The fraction of sp³-hybridized carbons (Fsp3) is 0.500. The molecule has 0 spiro atoms. The maximum absolute atomic E-state index is 12.7. The third kappa shape index (κ3) is 6.26. The van der Waals surface area contributed by atoms with E-state index in [1.807, 2.05) is 36.1 Å². The van der Waals surface area contributed by atoms with E-state index in [4.69, 9.17) is 16.3 Å². The first-order valence-electron chi connectivity index (χ1n) is 10.3. The van der Waals surface area contributed by atoms with E-state index in [2.05, 4.69) is 9.97 Å². The number of Topliss-reactive ketones (excluding diaryl/α,β-unsaturated/α-hetero) is 1. The van der Waals surface area contributed by atoms with Crippen LogP contribution < -0.4 is 14.5 Å². The predicted octanol–water partition coefficient (Wildman–Crippen LogP) is 4.57. The Morgan fingerprint density at radius 2 is 2.06 bits per heavy atom. The molecule has 2 atom stereocenters. The molecule has 0 radical (unpaired) electrons. The standard InChI is InChI=1S/C22H27ClF2N4O2/c1-14(10-15(2)30)16-4-6-17(7-5-16)31-18-8-9-29(12-18)21-19(23)11-26-22(27-21)28(3)13-20(24)25/h4-7,11,14,18,20H,8-10,12-13H2,1-3H3/t14-,18-/m1/s1. The van der Waals surface area contributed by atoms with E-state index in [-0.39, 0.29) is 23.8 Å². The summed E-state index contributed by atoms with van der Waals surface area (Å²) in [6.45, 7) is 4.45. The normalized spacial score (nSPS) is 17.1. The maximum Gasteiger partial charge on any atom is 0.255 e. The number of aromatic nitrogens is 2. The Kier molecular flexibility index (Phi) is 7.64. The summed E-state index contributed by atoms with van der Waals surface area (Å²) in [5.41, 5.74) is 1.10. The average Bonchev–Trinajstić information content (AvgIpc) is 3.16. The van der Waals surface area contributed by atoms with Gasteiger partial charge in [0.2, 0.25) is 5.95 Å². The lowest BCUT2D eigenvalue weighted by molar-refractivity contribution is -0.117. The Morgan fingerprint density at radius 3 is 2.71 bits per heavy atom. The quantitative estimate of drug-likeness (QED) is 0.555. The minimum absolute atomic E-state index is 0.0474. The van der Waals surface area contributed by atoms with Crippen LogP contribution in [0.5, 0.6) is 5.75 Å². The van der Waals surface area contributed by atoms with Crippen LogP contribution in [0.15, 0.2) is 30.5 Å². The molecule has 1 aliphatic heterocycles. The van der Waals surface area contributed by atoms with Gasteiger partial charge in [-0.1, -0.05) is 30.7 Å². The van der Waals surface area contributed by atoms with E-state index in [0.717, 1.165) is 17.7 Å². The van der Waals surface area contributed by atoms with Crippen molar-refractivity contribution >= 4 is 29.2 Å². The number of alkyl halides is 2. The second-order valence-corrected chi connectivity index (χ2v) is 8.37. The first-order valence-corrected chi connectivity index (χ1v) is 10.6. The molecule has 1 fully saturated rings. The summed E-state index contributed by atoms with van der Waals surface area (Å²) >= 11 is 6.28. The number of carbonyl (C=O) groups excluding carboxylic acids is 1. The minimum Gasteiger partial charge on any atom is -0.489 e. The Balaban J connectivity index is 1.62. The molecule has 1 aromatic carbocycles. The number of ketones is 1. The second kappa shape index (κ2) is 10.2. The second-order valence-electron chi connectivity index (χ2n) is 7.96. The van der Waals surface area contributed by atoms with E-state index in [0.29, 0.717) is 30.4 Å². The van der Waals surface area contributed by atoms with Crippen LogP contribution in [0.4, 0.5) is 20.5 Å². The number of rotatable bonds is 9. The van der Waals surface area contributed by atoms with Gasteiger partial charge in [-0.15, -0.1) is 0 Å². The molecule has 6 nitrogen and oxygen atoms in total. The first kappa shape index (κ1) is 23.2. The average molecular weight is 453 g/mol. The van der Waals surface area contributed by atoms with E-state index in [9.17, 15) is 13.6 Å². The molecule has 1 saturated heterocycles. The zero-order valence-electron chi connectivity index (χ0n) is 17.9. The molecule has 0 amide bonds. The lowest BCUT2D eigenvalue weighted by Crippen LogP contribution is -2.28. The van der Waals surface area contributed by atoms with Crippen LogP contribution in [0.3, 0.4) is 0 Å². The number of nitrogens with zero attached hydrogens (tertiary/aromatic N) is 4. The van der Waals surface area contributed by atoms with Crippen molar-refractivity contribution in [3.05, 3.63) is 41.0 Å². The molecule has 0 saturated carbocycles. The lowest BCUT2D eigenvalue weighted by atomic mass is 9.96. The van der Waals surface area contributed by atoms with Crippen molar-refractivity contribution in [1.29, 1.82) is 0 Å². The Hall–Kier alpha value is -2.48. The van der Waals surface area contributed by atoms with Crippen LogP contribution in [0.2, 0.25) is 5.02 Å². The highest BCUT2D eigenvalue weighted by Gasteiger charge is 2.27. The largest absolute Gasteiger partial charge is 0.489 e. The van der Waals surface area contributed by atoms with Gasteiger partial charge in [-0.05, 0) is 30.5 Å². The molecule has 168 valence electrons. The number of hydrogen-bond acceptors (Lipinski definition) is 6. The highest BCUT2D eigenvalue weighted by atomic mass is 35.5. The molecule has 31 heavy (non-hydrogen) atoms. The molecule has 2 aromatic rings. The summed E-state index contributed by atoms with van der Waals surface area (Å²) in [4.78, 5) is 23.1. The lowest BCUT2D eigenvalue weighted by Gasteiger charge is -2.22. The third-order valence-corrected chi connectivity index (χ3v) is 5.52. The fourth-order valence-electron chi connectivity index (χ4n) is 3.68. The molecule has 2 heterocycles. The molecule has 0 aliphatic carbocycles. The smallest absolute Gasteiger partial charge is 0.255 e. The van der Waals surface area contributed by atoms with Crippen molar-refractivity contribution < 1.29 is 18.3 Å². The topological polar surface area (TPSA) is 58.6 Å². The highest BCUT2D eigenvalue weighted by molar-refractivity contribution is 6.32. The Bertz CT molecular complexity index is 898. The van der Waals surface area contributed by atoms with Crippen LogP contribution in [-0.2, 0) is 4.79 Å². The molecular weight excluding hydrogens is 426 g/mol. The summed E-state index contributed by atoms with van der Waals surface area (Å²) in [6.07, 6.45) is 0.218. The van der Waals surface area contributed by atoms with Crippen molar-refractivity contribution in [3.63, 3.8) is 0 Å². The molecule has 3 rings (SSSR count). The van der Waals surface area contributed by atoms with Gasteiger partial charge in [-0.3, -0.25) is 0 Å². The van der Waals surface area contributed by atoms with Crippen molar-refractivity contribution in [2.24, 2.45) is 0 Å². The van der Waals surface area contributed by atoms with E-state index < -0.39 is 13.0 Å². The van der Waals surface area contributed by atoms with Gasteiger partial charge in [-0.2, -0.15) is 4.98 Å². The highest BCUT2D eigenvalue weighted by Crippen LogP contribution is 2.30. The summed E-state index contributed by atoms with van der Waals surface area (Å²) in [5.74, 6) is 1.83. The summed E-state index contributed by atoms with van der Waals surface area (Å²) in [5, 5.41) is 0.374. The minimum atomic E-state index is -2.48. The number of hydrogen-bond donors (Lipinski definition) is 0. The van der Waals surface area contributed by atoms with E-state index >= 15 is 0 Å².